The number of methoxy groups -OCH3 is 1. The van der Waals surface area contributed by atoms with Gasteiger partial charge in [0, 0.05) is 25.3 Å². The molecule has 0 radical (unpaired) electrons. The Morgan fingerprint density at radius 2 is 1.89 bits per heavy atom. The topological polar surface area (TPSA) is 30.5 Å². The molecule has 4 heteroatoms. The lowest BCUT2D eigenvalue weighted by Crippen LogP contribution is -2.35. The van der Waals surface area contributed by atoms with Crippen molar-refractivity contribution >= 4 is 0 Å². The lowest BCUT2D eigenvalue weighted by atomic mass is 10.1. The number of nitrogens with one attached hydrogen (secondary N) is 1. The molecule has 0 spiro atoms. The first-order valence-corrected chi connectivity index (χ1v) is 6.07. The maximum absolute atomic E-state index is 13.4. The molecule has 0 fully saturated rings. The van der Waals surface area contributed by atoms with E-state index in [1.54, 1.807) is 7.11 Å². The molecule has 102 valence electrons. The summed E-state index contributed by atoms with van der Waals surface area (Å²) in [5, 5.41) is 3.31. The predicted molar refractivity (Wildman–Crippen MR) is 70.4 cm³/mol. The van der Waals surface area contributed by atoms with Gasteiger partial charge in [0.1, 0.15) is 18.2 Å². The Balaban J connectivity index is 2.62. The minimum absolute atomic E-state index is 0.00336. The molecule has 0 saturated carbocycles. The fourth-order valence-corrected chi connectivity index (χ4v) is 1.42. The standard InChI is InChI=1S/C14H22FNO2/c1-14(2,3)16-10-11-7-12(15)9-13(8-11)18-6-5-17-4/h7-9,16H,5-6,10H2,1-4H3. The van der Waals surface area contributed by atoms with Crippen LogP contribution in [0.15, 0.2) is 18.2 Å². The van der Waals surface area contributed by atoms with Gasteiger partial charge in [-0.1, -0.05) is 0 Å². The van der Waals surface area contributed by atoms with Gasteiger partial charge in [-0.05, 0) is 38.5 Å². The van der Waals surface area contributed by atoms with Gasteiger partial charge < -0.3 is 14.8 Å². The molecule has 0 aliphatic heterocycles. The lowest BCUT2D eigenvalue weighted by molar-refractivity contribution is 0.146. The molecular formula is C14H22FNO2. The zero-order valence-electron chi connectivity index (χ0n) is 11.5. The normalized spacial score (nSPS) is 11.6. The van der Waals surface area contributed by atoms with E-state index in [1.807, 2.05) is 6.07 Å². The van der Waals surface area contributed by atoms with Crippen LogP contribution < -0.4 is 10.1 Å². The Kier molecular flexibility index (Phi) is 5.56. The zero-order valence-corrected chi connectivity index (χ0v) is 11.5. The molecule has 0 unspecified atom stereocenters. The molecule has 1 aromatic rings. The first-order valence-electron chi connectivity index (χ1n) is 6.07. The van der Waals surface area contributed by atoms with Gasteiger partial charge in [-0.3, -0.25) is 0 Å². The van der Waals surface area contributed by atoms with Gasteiger partial charge in [-0.25, -0.2) is 4.39 Å². The lowest BCUT2D eigenvalue weighted by Gasteiger charge is -2.20. The second kappa shape index (κ2) is 6.71. The van der Waals surface area contributed by atoms with Crippen molar-refractivity contribution in [3.63, 3.8) is 0 Å². The highest BCUT2D eigenvalue weighted by atomic mass is 19.1. The van der Waals surface area contributed by atoms with E-state index in [-0.39, 0.29) is 11.4 Å². The van der Waals surface area contributed by atoms with Gasteiger partial charge in [-0.15, -0.1) is 0 Å². The van der Waals surface area contributed by atoms with E-state index in [1.165, 1.54) is 12.1 Å². The zero-order chi connectivity index (χ0) is 13.6. The van der Waals surface area contributed by atoms with Crippen LogP contribution in [0.3, 0.4) is 0 Å². The van der Waals surface area contributed by atoms with Crippen LogP contribution in [0.4, 0.5) is 4.39 Å². The molecule has 0 amide bonds. The van der Waals surface area contributed by atoms with Crippen LogP contribution in [0.5, 0.6) is 5.75 Å². The molecule has 18 heavy (non-hydrogen) atoms. The van der Waals surface area contributed by atoms with E-state index < -0.39 is 0 Å². The number of halogens is 1. The van der Waals surface area contributed by atoms with E-state index in [9.17, 15) is 4.39 Å². The number of benzene rings is 1. The molecule has 0 aromatic heterocycles. The first kappa shape index (κ1) is 14.9. The fraction of sp³-hybridized carbons (Fsp3) is 0.571. The van der Waals surface area contributed by atoms with E-state index in [0.717, 1.165) is 5.56 Å². The van der Waals surface area contributed by atoms with Crippen molar-refractivity contribution < 1.29 is 13.9 Å². The number of hydrogen-bond donors (Lipinski definition) is 1. The second-order valence-electron chi connectivity index (χ2n) is 5.24. The summed E-state index contributed by atoms with van der Waals surface area (Å²) in [5.74, 6) is 0.258. The minimum Gasteiger partial charge on any atom is -0.491 e. The second-order valence-corrected chi connectivity index (χ2v) is 5.24. The summed E-state index contributed by atoms with van der Waals surface area (Å²) in [6.45, 7) is 7.74. The quantitative estimate of drug-likeness (QED) is 0.793. The molecule has 3 nitrogen and oxygen atoms in total. The third-order valence-electron chi connectivity index (χ3n) is 2.31. The molecule has 1 rings (SSSR count). The van der Waals surface area contributed by atoms with Crippen molar-refractivity contribution in [3.8, 4) is 5.75 Å². The van der Waals surface area contributed by atoms with Gasteiger partial charge in [0.25, 0.3) is 0 Å². The van der Waals surface area contributed by atoms with E-state index in [2.05, 4.69) is 26.1 Å². The Morgan fingerprint density at radius 3 is 2.50 bits per heavy atom. The van der Waals surface area contributed by atoms with Crippen LogP contribution in [-0.4, -0.2) is 25.9 Å². The molecule has 0 bridgehead atoms. The van der Waals surface area contributed by atoms with E-state index >= 15 is 0 Å². The molecule has 1 N–H and O–H groups in total. The highest BCUT2D eigenvalue weighted by Gasteiger charge is 2.09. The predicted octanol–water partition coefficient (Wildman–Crippen LogP) is 2.74. The van der Waals surface area contributed by atoms with Gasteiger partial charge in [0.05, 0.1) is 6.61 Å². The average molecular weight is 255 g/mol. The summed E-state index contributed by atoms with van der Waals surface area (Å²) in [7, 11) is 1.60. The summed E-state index contributed by atoms with van der Waals surface area (Å²) in [6.07, 6.45) is 0. The van der Waals surface area contributed by atoms with Gasteiger partial charge >= 0.3 is 0 Å². The summed E-state index contributed by atoms with van der Waals surface area (Å²) in [4.78, 5) is 0. The molecule has 0 aliphatic carbocycles. The van der Waals surface area contributed by atoms with Crippen LogP contribution in [0.2, 0.25) is 0 Å². The monoisotopic (exact) mass is 255 g/mol. The third-order valence-corrected chi connectivity index (χ3v) is 2.31. The highest BCUT2D eigenvalue weighted by Crippen LogP contribution is 2.17. The van der Waals surface area contributed by atoms with E-state index in [0.29, 0.717) is 25.5 Å². The molecule has 0 heterocycles. The number of hydrogen-bond acceptors (Lipinski definition) is 3. The Bertz CT molecular complexity index is 375. The minimum atomic E-state index is -0.282. The summed E-state index contributed by atoms with van der Waals surface area (Å²) >= 11 is 0. The van der Waals surface area contributed by atoms with Crippen LogP contribution in [-0.2, 0) is 11.3 Å². The average Bonchev–Trinajstić information content (AvgIpc) is 2.25. The van der Waals surface area contributed by atoms with Crippen molar-refractivity contribution in [3.05, 3.63) is 29.6 Å². The Labute approximate surface area is 108 Å². The molecule has 0 atom stereocenters. The summed E-state index contributed by atoms with van der Waals surface area (Å²) in [6, 6.07) is 4.75. The van der Waals surface area contributed by atoms with Gasteiger partial charge in [0.15, 0.2) is 0 Å². The van der Waals surface area contributed by atoms with Crippen LogP contribution in [0, 0.1) is 5.82 Å². The molecule has 1 aromatic carbocycles. The van der Waals surface area contributed by atoms with Gasteiger partial charge in [-0.2, -0.15) is 0 Å². The van der Waals surface area contributed by atoms with Crippen molar-refractivity contribution in [2.75, 3.05) is 20.3 Å². The molecule has 0 aliphatic rings. The van der Waals surface area contributed by atoms with Crippen LogP contribution >= 0.6 is 0 Å². The number of ether oxygens (including phenoxy) is 2. The van der Waals surface area contributed by atoms with Crippen molar-refractivity contribution in [2.45, 2.75) is 32.9 Å². The van der Waals surface area contributed by atoms with Gasteiger partial charge in [0.2, 0.25) is 0 Å². The fourth-order valence-electron chi connectivity index (χ4n) is 1.42. The maximum Gasteiger partial charge on any atom is 0.127 e. The maximum atomic E-state index is 13.4. The van der Waals surface area contributed by atoms with Crippen LogP contribution in [0.25, 0.3) is 0 Å². The molecular weight excluding hydrogens is 233 g/mol. The highest BCUT2D eigenvalue weighted by molar-refractivity contribution is 5.29. The largest absolute Gasteiger partial charge is 0.491 e. The summed E-state index contributed by atoms with van der Waals surface area (Å²) in [5.41, 5.74) is 0.876. The SMILES string of the molecule is COCCOc1cc(F)cc(CNC(C)(C)C)c1. The smallest absolute Gasteiger partial charge is 0.127 e. The third kappa shape index (κ3) is 5.98. The van der Waals surface area contributed by atoms with Crippen molar-refractivity contribution in [2.24, 2.45) is 0 Å². The Morgan fingerprint density at radius 1 is 1.17 bits per heavy atom. The van der Waals surface area contributed by atoms with E-state index in [4.69, 9.17) is 9.47 Å². The Hall–Kier alpha value is -1.13. The van der Waals surface area contributed by atoms with Crippen molar-refractivity contribution in [1.29, 1.82) is 0 Å². The summed E-state index contributed by atoms with van der Waals surface area (Å²) < 4.78 is 23.7. The molecule has 0 saturated heterocycles. The number of rotatable bonds is 6. The van der Waals surface area contributed by atoms with Crippen molar-refractivity contribution in [1.82, 2.24) is 5.32 Å². The first-order chi connectivity index (χ1) is 8.40. The van der Waals surface area contributed by atoms with Crippen LogP contribution in [0.1, 0.15) is 26.3 Å².